The summed E-state index contributed by atoms with van der Waals surface area (Å²) in [6, 6.07) is 10.7. The van der Waals surface area contributed by atoms with Gasteiger partial charge in [0.2, 0.25) is 0 Å². The summed E-state index contributed by atoms with van der Waals surface area (Å²) in [6.45, 7) is 3.90. The van der Waals surface area contributed by atoms with E-state index in [1.165, 1.54) is 0 Å². The van der Waals surface area contributed by atoms with Gasteiger partial charge in [-0.1, -0.05) is 11.6 Å². The van der Waals surface area contributed by atoms with Crippen molar-refractivity contribution < 1.29 is 0 Å². The van der Waals surface area contributed by atoms with Crippen LogP contribution in [0, 0.1) is 31.2 Å². The first kappa shape index (κ1) is 11.6. The van der Waals surface area contributed by atoms with Crippen LogP contribution in [0.15, 0.2) is 24.4 Å². The zero-order valence-electron chi connectivity index (χ0n) is 9.58. The molecule has 0 atom stereocenters. The maximum absolute atomic E-state index is 8.70. The second-order valence-corrected chi connectivity index (χ2v) is 4.23. The van der Waals surface area contributed by atoms with Gasteiger partial charge in [0.1, 0.15) is 11.8 Å². The van der Waals surface area contributed by atoms with Crippen LogP contribution >= 0.6 is 11.6 Å². The predicted molar refractivity (Wildman–Crippen MR) is 67.7 cm³/mol. The molecule has 1 heterocycles. The van der Waals surface area contributed by atoms with Gasteiger partial charge in [-0.2, -0.15) is 5.26 Å². The van der Waals surface area contributed by atoms with E-state index < -0.39 is 0 Å². The summed E-state index contributed by atoms with van der Waals surface area (Å²) < 4.78 is 0. The monoisotopic (exact) mass is 241 g/mol. The van der Waals surface area contributed by atoms with E-state index in [9.17, 15) is 0 Å². The second kappa shape index (κ2) is 4.57. The fourth-order valence-electron chi connectivity index (χ4n) is 1.64. The van der Waals surface area contributed by atoms with Crippen molar-refractivity contribution in [2.45, 2.75) is 13.8 Å². The minimum Gasteiger partial charge on any atom is -0.245 e. The Kier molecular flexibility index (Phi) is 3.12. The molecule has 2 nitrogen and oxygen atoms in total. The fourth-order valence-corrected chi connectivity index (χ4v) is 1.83. The maximum Gasteiger partial charge on any atom is 0.140 e. The lowest BCUT2D eigenvalue weighted by atomic mass is 9.99. The minimum absolute atomic E-state index is 0.418. The minimum atomic E-state index is 0.418. The zero-order chi connectivity index (χ0) is 12.4. The van der Waals surface area contributed by atoms with E-state index >= 15 is 0 Å². The molecule has 0 fully saturated rings. The quantitative estimate of drug-likeness (QED) is 0.764. The molecule has 0 unspecified atom stereocenters. The topological polar surface area (TPSA) is 36.7 Å². The molecule has 2 rings (SSSR count). The molecule has 17 heavy (non-hydrogen) atoms. The lowest BCUT2D eigenvalue weighted by molar-refractivity contribution is 1.26. The number of benzene rings is 1. The van der Waals surface area contributed by atoms with Crippen LogP contribution in [0.1, 0.15) is 16.8 Å². The van der Waals surface area contributed by atoms with Gasteiger partial charge in [0.05, 0.1) is 5.02 Å². The Hall–Kier alpha value is -1.85. The summed E-state index contributed by atoms with van der Waals surface area (Å²) in [5, 5.41) is 9.34. The highest BCUT2D eigenvalue weighted by Gasteiger charge is 2.06. The number of hydrogen-bond acceptors (Lipinski definition) is 2. The third kappa shape index (κ3) is 2.30. The van der Waals surface area contributed by atoms with E-state index in [1.807, 2.05) is 32.0 Å². The van der Waals surface area contributed by atoms with Crippen molar-refractivity contribution in [1.29, 1.82) is 5.26 Å². The molecule has 0 aliphatic carbocycles. The zero-order valence-corrected chi connectivity index (χ0v) is 10.3. The number of rotatable bonds is 1. The number of aromatic nitrogens is 1. The highest BCUT2D eigenvalue weighted by Crippen LogP contribution is 2.27. The molecule has 0 saturated heterocycles. The Balaban J connectivity index is 2.53. The van der Waals surface area contributed by atoms with Crippen LogP contribution in [0.25, 0.3) is 11.1 Å². The lowest BCUT2D eigenvalue weighted by Gasteiger charge is -2.08. The second-order valence-electron chi connectivity index (χ2n) is 3.85. The molecule has 2 aromatic rings. The molecule has 0 amide bonds. The van der Waals surface area contributed by atoms with Crippen LogP contribution in [-0.4, -0.2) is 4.98 Å². The van der Waals surface area contributed by atoms with Crippen LogP contribution < -0.4 is 0 Å². The smallest absolute Gasteiger partial charge is 0.140 e. The van der Waals surface area contributed by atoms with Crippen molar-refractivity contribution in [3.63, 3.8) is 0 Å². The van der Waals surface area contributed by atoms with Crippen LogP contribution in [0.3, 0.4) is 0 Å². The highest BCUT2D eigenvalue weighted by molar-refractivity contribution is 6.31. The largest absolute Gasteiger partial charge is 0.245 e. The Bertz CT molecular complexity index is 595. The van der Waals surface area contributed by atoms with Crippen LogP contribution in [0.2, 0.25) is 5.02 Å². The predicted octanol–water partition coefficient (Wildman–Crippen LogP) is 3.69. The van der Waals surface area contributed by atoms with Gasteiger partial charge in [0.15, 0.2) is 0 Å². The number of hydrogen-bond donors (Lipinski definition) is 0. The van der Waals surface area contributed by atoms with Gasteiger partial charge >= 0.3 is 0 Å². The fraction of sp³-hybridized carbons (Fsp3) is 0.143. The van der Waals surface area contributed by atoms with E-state index in [2.05, 4.69) is 11.1 Å². The molecule has 0 saturated carbocycles. The average molecular weight is 242 g/mol. The Labute approximate surface area is 105 Å². The molecule has 0 aliphatic heterocycles. The molecule has 0 aliphatic rings. The van der Waals surface area contributed by atoms with E-state index in [-0.39, 0.29) is 0 Å². The standard InChI is InChI=1S/C14H10ClN2/c1-9-6-14(15)10(2)5-13(9)11-3-4-12(7-16)17-8-11/h3-5,8H,1-2H3. The molecule has 0 N–H and O–H groups in total. The SMILES string of the molecule is Cc1[c]c(Cl)c(C)cc1-c1ccc(C#N)nc1. The molecule has 0 spiro atoms. The highest BCUT2D eigenvalue weighted by atomic mass is 35.5. The Morgan fingerprint density at radius 1 is 1.35 bits per heavy atom. The Morgan fingerprint density at radius 3 is 2.71 bits per heavy atom. The molecule has 0 bridgehead atoms. The van der Waals surface area contributed by atoms with Gasteiger partial charge < -0.3 is 0 Å². The van der Waals surface area contributed by atoms with Crippen LogP contribution in [0.5, 0.6) is 0 Å². The van der Waals surface area contributed by atoms with Crippen molar-refractivity contribution in [3.8, 4) is 17.2 Å². The van der Waals surface area contributed by atoms with E-state index in [0.29, 0.717) is 10.7 Å². The molecule has 1 aromatic heterocycles. The van der Waals surface area contributed by atoms with E-state index in [4.69, 9.17) is 16.9 Å². The summed E-state index contributed by atoms with van der Waals surface area (Å²) in [6.07, 6.45) is 1.70. The molecule has 1 aromatic carbocycles. The summed E-state index contributed by atoms with van der Waals surface area (Å²) in [5.74, 6) is 0. The summed E-state index contributed by atoms with van der Waals surface area (Å²) in [5.41, 5.74) is 4.39. The van der Waals surface area contributed by atoms with Gasteiger partial charge in [-0.25, -0.2) is 4.98 Å². The van der Waals surface area contributed by atoms with Crippen molar-refractivity contribution >= 4 is 11.6 Å². The molecule has 1 radical (unpaired) electrons. The first-order valence-corrected chi connectivity index (χ1v) is 5.55. The molecule has 3 heteroatoms. The van der Waals surface area contributed by atoms with Gasteiger partial charge in [-0.05, 0) is 48.7 Å². The van der Waals surface area contributed by atoms with Crippen molar-refractivity contribution in [2.75, 3.05) is 0 Å². The van der Waals surface area contributed by atoms with Crippen molar-refractivity contribution in [2.24, 2.45) is 0 Å². The van der Waals surface area contributed by atoms with Crippen LogP contribution in [-0.2, 0) is 0 Å². The number of aryl methyl sites for hydroxylation is 2. The van der Waals surface area contributed by atoms with Gasteiger partial charge in [0.25, 0.3) is 0 Å². The third-order valence-corrected chi connectivity index (χ3v) is 2.99. The number of nitrogens with zero attached hydrogens (tertiary/aromatic N) is 2. The Morgan fingerprint density at radius 2 is 2.12 bits per heavy atom. The summed E-state index contributed by atoms with van der Waals surface area (Å²) >= 11 is 6.01. The number of halogens is 1. The normalized spacial score (nSPS) is 10.0. The first-order chi connectivity index (χ1) is 8.11. The molecular formula is C14H10ClN2. The van der Waals surface area contributed by atoms with E-state index in [0.717, 1.165) is 22.3 Å². The third-order valence-electron chi connectivity index (χ3n) is 2.60. The average Bonchev–Trinajstić information content (AvgIpc) is 2.34. The van der Waals surface area contributed by atoms with Crippen LogP contribution in [0.4, 0.5) is 0 Å². The molecule has 83 valence electrons. The van der Waals surface area contributed by atoms with Crippen molar-refractivity contribution in [1.82, 2.24) is 4.98 Å². The summed E-state index contributed by atoms with van der Waals surface area (Å²) in [7, 11) is 0. The van der Waals surface area contributed by atoms with E-state index in [1.54, 1.807) is 12.3 Å². The first-order valence-electron chi connectivity index (χ1n) is 5.17. The van der Waals surface area contributed by atoms with Gasteiger partial charge in [-0.15, -0.1) is 0 Å². The summed E-state index contributed by atoms with van der Waals surface area (Å²) in [4.78, 5) is 4.06. The lowest BCUT2D eigenvalue weighted by Crippen LogP contribution is -1.89. The van der Waals surface area contributed by atoms with Crippen molar-refractivity contribution in [3.05, 3.63) is 52.3 Å². The molecular weight excluding hydrogens is 232 g/mol. The maximum atomic E-state index is 8.70. The van der Waals surface area contributed by atoms with Gasteiger partial charge in [-0.3, -0.25) is 0 Å². The number of nitriles is 1. The number of pyridine rings is 1. The van der Waals surface area contributed by atoms with Gasteiger partial charge in [0, 0.05) is 17.8 Å².